The lowest BCUT2D eigenvalue weighted by Crippen LogP contribution is -2.46. The Bertz CT molecular complexity index is 681. The third-order valence-corrected chi connectivity index (χ3v) is 5.82. The molecule has 2 fully saturated rings. The van der Waals surface area contributed by atoms with Crippen molar-refractivity contribution < 1.29 is 14.0 Å². The smallest absolute Gasteiger partial charge is 0.230 e. The number of carbonyl (C=O) groups is 2. The molecule has 1 aromatic rings. The second-order valence-electron chi connectivity index (χ2n) is 7.29. The van der Waals surface area contributed by atoms with Gasteiger partial charge in [-0.25, -0.2) is 4.39 Å². The van der Waals surface area contributed by atoms with Gasteiger partial charge in [0.15, 0.2) is 0 Å². The molecule has 3 aliphatic heterocycles. The number of likely N-dealkylation sites (tertiary alicyclic amines) is 1. The molecule has 3 aliphatic rings. The molecular weight excluding hydrogens is 345 g/mol. The van der Waals surface area contributed by atoms with Gasteiger partial charge in [0.1, 0.15) is 5.82 Å². The zero-order valence-corrected chi connectivity index (χ0v) is 14.8. The Balaban J connectivity index is 0.00000182. The third-order valence-electron chi connectivity index (χ3n) is 5.82. The fourth-order valence-electron chi connectivity index (χ4n) is 4.30. The van der Waals surface area contributed by atoms with E-state index < -0.39 is 11.7 Å². The van der Waals surface area contributed by atoms with E-state index in [4.69, 9.17) is 0 Å². The summed E-state index contributed by atoms with van der Waals surface area (Å²) in [7, 11) is 0. The molecule has 1 unspecified atom stereocenters. The van der Waals surface area contributed by atoms with Crippen molar-refractivity contribution >= 4 is 29.9 Å². The molecule has 0 aromatic heterocycles. The number of benzene rings is 1. The fourth-order valence-corrected chi connectivity index (χ4v) is 4.30. The Morgan fingerprint density at radius 2 is 2.00 bits per heavy atom. The van der Waals surface area contributed by atoms with Crippen molar-refractivity contribution in [3.63, 3.8) is 0 Å². The first kappa shape index (κ1) is 18.1. The van der Waals surface area contributed by atoms with E-state index in [9.17, 15) is 14.0 Å². The van der Waals surface area contributed by atoms with Gasteiger partial charge in [-0.05, 0) is 48.9 Å². The number of halogens is 2. The van der Waals surface area contributed by atoms with Gasteiger partial charge in [-0.2, -0.15) is 0 Å². The molecule has 0 bridgehead atoms. The summed E-state index contributed by atoms with van der Waals surface area (Å²) in [5, 5.41) is 6.09. The van der Waals surface area contributed by atoms with Gasteiger partial charge in [-0.3, -0.25) is 9.59 Å². The molecule has 25 heavy (non-hydrogen) atoms. The average Bonchev–Trinajstić information content (AvgIpc) is 3.02. The SMILES string of the molecule is Cl.O=C1CC(C(=O)N2CCC3(CCNC3)CC2)c2ccc(F)cc2N1. The van der Waals surface area contributed by atoms with E-state index in [2.05, 4.69) is 10.6 Å². The zero-order valence-electron chi connectivity index (χ0n) is 14.0. The third kappa shape index (κ3) is 3.37. The molecule has 1 atom stereocenters. The summed E-state index contributed by atoms with van der Waals surface area (Å²) >= 11 is 0. The summed E-state index contributed by atoms with van der Waals surface area (Å²) in [6.45, 7) is 3.60. The second-order valence-corrected chi connectivity index (χ2v) is 7.29. The van der Waals surface area contributed by atoms with Crippen molar-refractivity contribution in [3.05, 3.63) is 29.6 Å². The van der Waals surface area contributed by atoms with E-state index >= 15 is 0 Å². The molecule has 2 amide bonds. The molecule has 7 heteroatoms. The van der Waals surface area contributed by atoms with Crippen LogP contribution in [-0.2, 0) is 9.59 Å². The normalized spacial score (nSPS) is 24.4. The van der Waals surface area contributed by atoms with Crippen molar-refractivity contribution in [2.75, 3.05) is 31.5 Å². The van der Waals surface area contributed by atoms with Crippen LogP contribution in [0.5, 0.6) is 0 Å². The number of anilines is 1. The summed E-state index contributed by atoms with van der Waals surface area (Å²) in [4.78, 5) is 26.8. The minimum Gasteiger partial charge on any atom is -0.342 e. The van der Waals surface area contributed by atoms with E-state index in [1.165, 1.54) is 18.6 Å². The van der Waals surface area contributed by atoms with Crippen LogP contribution in [0.25, 0.3) is 0 Å². The molecule has 4 rings (SSSR count). The number of hydrogen-bond acceptors (Lipinski definition) is 3. The van der Waals surface area contributed by atoms with Crippen molar-refractivity contribution in [2.24, 2.45) is 5.41 Å². The number of fused-ring (bicyclic) bond motifs is 1. The van der Waals surface area contributed by atoms with Gasteiger partial charge in [0.05, 0.1) is 5.92 Å². The van der Waals surface area contributed by atoms with Crippen LogP contribution in [0.2, 0.25) is 0 Å². The van der Waals surface area contributed by atoms with Gasteiger partial charge >= 0.3 is 0 Å². The van der Waals surface area contributed by atoms with Crippen LogP contribution in [-0.4, -0.2) is 42.9 Å². The molecule has 0 aliphatic carbocycles. The van der Waals surface area contributed by atoms with Crippen LogP contribution in [0.1, 0.15) is 37.2 Å². The maximum atomic E-state index is 13.4. The lowest BCUT2D eigenvalue weighted by Gasteiger charge is -2.40. The summed E-state index contributed by atoms with van der Waals surface area (Å²) in [5.74, 6) is -1.13. The van der Waals surface area contributed by atoms with Gasteiger partial charge in [0, 0.05) is 31.7 Å². The van der Waals surface area contributed by atoms with Crippen LogP contribution in [0.3, 0.4) is 0 Å². The van der Waals surface area contributed by atoms with Crippen LogP contribution >= 0.6 is 12.4 Å². The van der Waals surface area contributed by atoms with Gasteiger partial charge in [-0.1, -0.05) is 6.07 Å². The molecule has 1 aromatic carbocycles. The molecule has 0 radical (unpaired) electrons. The predicted octanol–water partition coefficient (Wildman–Crippen LogP) is 2.28. The molecule has 2 saturated heterocycles. The van der Waals surface area contributed by atoms with Gasteiger partial charge in [0.2, 0.25) is 11.8 Å². The van der Waals surface area contributed by atoms with E-state index in [1.807, 2.05) is 4.90 Å². The Hall–Kier alpha value is -1.66. The zero-order chi connectivity index (χ0) is 16.7. The molecule has 2 N–H and O–H groups in total. The Morgan fingerprint density at radius 3 is 2.68 bits per heavy atom. The maximum absolute atomic E-state index is 13.4. The summed E-state index contributed by atoms with van der Waals surface area (Å²) < 4.78 is 13.4. The van der Waals surface area contributed by atoms with Crippen LogP contribution in [0.15, 0.2) is 18.2 Å². The number of piperidine rings is 1. The number of nitrogens with one attached hydrogen (secondary N) is 2. The maximum Gasteiger partial charge on any atom is 0.230 e. The highest BCUT2D eigenvalue weighted by Crippen LogP contribution is 2.39. The van der Waals surface area contributed by atoms with Gasteiger partial charge in [0.25, 0.3) is 0 Å². The predicted molar refractivity (Wildman–Crippen MR) is 95.4 cm³/mol. The van der Waals surface area contributed by atoms with Crippen LogP contribution < -0.4 is 10.6 Å². The minimum atomic E-state index is -0.495. The topological polar surface area (TPSA) is 61.4 Å². The molecule has 1 spiro atoms. The lowest BCUT2D eigenvalue weighted by atomic mass is 9.77. The van der Waals surface area contributed by atoms with Crippen LogP contribution in [0, 0.1) is 11.2 Å². The van der Waals surface area contributed by atoms with Gasteiger partial charge < -0.3 is 15.5 Å². The van der Waals surface area contributed by atoms with Crippen molar-refractivity contribution in [2.45, 2.75) is 31.6 Å². The average molecular weight is 368 g/mol. The Labute approximate surface area is 152 Å². The van der Waals surface area contributed by atoms with Crippen LogP contribution in [0.4, 0.5) is 10.1 Å². The highest BCUT2D eigenvalue weighted by molar-refractivity contribution is 6.01. The number of carbonyl (C=O) groups excluding carboxylic acids is 2. The number of nitrogens with zero attached hydrogens (tertiary/aromatic N) is 1. The largest absolute Gasteiger partial charge is 0.342 e. The summed E-state index contributed by atoms with van der Waals surface area (Å²) in [6.07, 6.45) is 3.35. The van der Waals surface area contributed by atoms with Gasteiger partial charge in [-0.15, -0.1) is 12.4 Å². The lowest BCUT2D eigenvalue weighted by molar-refractivity contribution is -0.137. The van der Waals surface area contributed by atoms with Crippen molar-refractivity contribution in [3.8, 4) is 0 Å². The highest BCUT2D eigenvalue weighted by atomic mass is 35.5. The van der Waals surface area contributed by atoms with E-state index in [-0.39, 0.29) is 30.6 Å². The Kier molecular flexibility index (Phi) is 5.02. The van der Waals surface area contributed by atoms with E-state index in [1.54, 1.807) is 6.07 Å². The molecule has 3 heterocycles. The number of amides is 2. The van der Waals surface area contributed by atoms with Crippen molar-refractivity contribution in [1.82, 2.24) is 10.2 Å². The molecule has 0 saturated carbocycles. The monoisotopic (exact) mass is 367 g/mol. The molecule has 5 nitrogen and oxygen atoms in total. The fraction of sp³-hybridized carbons (Fsp3) is 0.556. The number of hydrogen-bond donors (Lipinski definition) is 2. The van der Waals surface area contributed by atoms with E-state index in [0.717, 1.165) is 44.6 Å². The quantitative estimate of drug-likeness (QED) is 0.800. The second kappa shape index (κ2) is 6.92. The first-order valence-electron chi connectivity index (χ1n) is 8.65. The summed E-state index contributed by atoms with van der Waals surface area (Å²) in [6, 6.07) is 4.27. The first-order chi connectivity index (χ1) is 11.6. The highest BCUT2D eigenvalue weighted by Gasteiger charge is 2.40. The standard InChI is InChI=1S/C18H22FN3O2.ClH/c19-12-1-2-13-14(10-16(23)21-15(13)9-12)17(24)22-7-4-18(5-8-22)3-6-20-11-18;/h1-2,9,14,20H,3-8,10-11H2,(H,21,23);1H. The Morgan fingerprint density at radius 1 is 1.24 bits per heavy atom. The molecule has 136 valence electrons. The van der Waals surface area contributed by atoms with E-state index in [0.29, 0.717) is 11.1 Å². The first-order valence-corrected chi connectivity index (χ1v) is 8.65. The number of rotatable bonds is 1. The minimum absolute atomic E-state index is 0. The summed E-state index contributed by atoms with van der Waals surface area (Å²) in [5.41, 5.74) is 1.50. The van der Waals surface area contributed by atoms with Crippen molar-refractivity contribution in [1.29, 1.82) is 0 Å². The molecular formula is C18H23ClFN3O2.